The van der Waals surface area contributed by atoms with E-state index in [1.165, 1.54) is 17.4 Å². The molecule has 1 saturated carbocycles. The Morgan fingerprint density at radius 2 is 2.06 bits per heavy atom. The fourth-order valence-corrected chi connectivity index (χ4v) is 3.11. The molecule has 98 valence electrons. The maximum absolute atomic E-state index is 12.1. The second-order valence-corrected chi connectivity index (χ2v) is 6.23. The number of nitrogens with two attached hydrogens (primary N) is 1. The van der Waals surface area contributed by atoms with Crippen LogP contribution in [0.4, 0.5) is 11.4 Å². The van der Waals surface area contributed by atoms with Gasteiger partial charge in [0, 0.05) is 19.2 Å². The molecule has 2 N–H and O–H groups in total. The fourth-order valence-electron chi connectivity index (χ4n) is 1.66. The molecule has 8 heteroatoms. The lowest BCUT2D eigenvalue weighted by atomic mass is 10.3. The van der Waals surface area contributed by atoms with Gasteiger partial charge in [-0.1, -0.05) is 0 Å². The molecule has 0 bridgehead atoms. The van der Waals surface area contributed by atoms with Crippen molar-refractivity contribution >= 4 is 21.4 Å². The number of hydrogen-bond donors (Lipinski definition) is 1. The number of nitrogen functional groups attached to an aromatic ring is 1. The van der Waals surface area contributed by atoms with Gasteiger partial charge in [0.15, 0.2) is 0 Å². The first-order valence-corrected chi connectivity index (χ1v) is 6.80. The molecule has 2 rings (SSSR count). The Labute approximate surface area is 104 Å². The van der Waals surface area contributed by atoms with Crippen LogP contribution in [0, 0.1) is 10.1 Å². The standard InChI is InChI=1S/C10H13N3O4S/c1-12(7-2-3-7)18(16,17)8-4-5-10(13(14)15)9(11)6-8/h4-7H,2-3,11H2,1H3. The van der Waals surface area contributed by atoms with Crippen molar-refractivity contribution in [3.8, 4) is 0 Å². The van der Waals surface area contributed by atoms with Gasteiger partial charge in [0.2, 0.25) is 10.0 Å². The van der Waals surface area contributed by atoms with Gasteiger partial charge in [-0.2, -0.15) is 4.31 Å². The first kappa shape index (κ1) is 12.8. The van der Waals surface area contributed by atoms with Crippen LogP contribution in [0.15, 0.2) is 23.1 Å². The van der Waals surface area contributed by atoms with Gasteiger partial charge in [-0.3, -0.25) is 10.1 Å². The zero-order valence-electron chi connectivity index (χ0n) is 9.74. The Balaban J connectivity index is 2.39. The molecule has 0 aliphatic heterocycles. The number of sulfonamides is 1. The quantitative estimate of drug-likeness (QED) is 0.498. The van der Waals surface area contributed by atoms with E-state index in [1.807, 2.05) is 0 Å². The molecule has 0 radical (unpaired) electrons. The van der Waals surface area contributed by atoms with Crippen molar-refractivity contribution in [2.24, 2.45) is 0 Å². The summed E-state index contributed by atoms with van der Waals surface area (Å²) in [6.45, 7) is 0. The monoisotopic (exact) mass is 271 g/mol. The first-order valence-electron chi connectivity index (χ1n) is 5.36. The number of anilines is 1. The Morgan fingerprint density at radius 3 is 2.50 bits per heavy atom. The Hall–Kier alpha value is -1.67. The van der Waals surface area contributed by atoms with E-state index in [9.17, 15) is 18.5 Å². The van der Waals surface area contributed by atoms with E-state index in [1.54, 1.807) is 0 Å². The van der Waals surface area contributed by atoms with Crippen LogP contribution in [0.2, 0.25) is 0 Å². The fraction of sp³-hybridized carbons (Fsp3) is 0.400. The molecule has 0 spiro atoms. The molecule has 1 aromatic rings. The molecular formula is C10H13N3O4S. The van der Waals surface area contributed by atoms with Crippen LogP contribution in [0.3, 0.4) is 0 Å². The Bertz CT molecular complexity index is 595. The lowest BCUT2D eigenvalue weighted by molar-refractivity contribution is -0.383. The largest absolute Gasteiger partial charge is 0.393 e. The molecule has 0 unspecified atom stereocenters. The number of hydrogen-bond acceptors (Lipinski definition) is 5. The molecule has 0 atom stereocenters. The maximum atomic E-state index is 12.1. The second kappa shape index (κ2) is 4.21. The third-order valence-corrected chi connectivity index (χ3v) is 4.84. The molecule has 1 aliphatic carbocycles. The van der Waals surface area contributed by atoms with Crippen molar-refractivity contribution in [1.29, 1.82) is 0 Å². The predicted octanol–water partition coefficient (Wildman–Crippen LogP) is 0.960. The number of nitro benzene ring substituents is 1. The maximum Gasteiger partial charge on any atom is 0.292 e. The van der Waals surface area contributed by atoms with Crippen molar-refractivity contribution in [2.75, 3.05) is 12.8 Å². The van der Waals surface area contributed by atoms with Crippen LogP contribution >= 0.6 is 0 Å². The van der Waals surface area contributed by atoms with Crippen LogP contribution in [-0.2, 0) is 10.0 Å². The minimum atomic E-state index is -3.61. The summed E-state index contributed by atoms with van der Waals surface area (Å²) in [6.07, 6.45) is 1.69. The highest BCUT2D eigenvalue weighted by Crippen LogP contribution is 2.32. The van der Waals surface area contributed by atoms with E-state index in [-0.39, 0.29) is 22.3 Å². The van der Waals surface area contributed by atoms with E-state index < -0.39 is 14.9 Å². The Kier molecular flexibility index (Phi) is 2.99. The number of nitro groups is 1. The molecule has 1 aromatic carbocycles. The lowest BCUT2D eigenvalue weighted by Crippen LogP contribution is -2.29. The summed E-state index contributed by atoms with van der Waals surface area (Å²) in [6, 6.07) is 3.49. The third-order valence-electron chi connectivity index (χ3n) is 2.93. The summed E-state index contributed by atoms with van der Waals surface area (Å²) in [5.74, 6) is 0. The number of nitrogens with zero attached hydrogens (tertiary/aromatic N) is 2. The lowest BCUT2D eigenvalue weighted by Gasteiger charge is -2.16. The van der Waals surface area contributed by atoms with Gasteiger partial charge < -0.3 is 5.73 Å². The average Bonchev–Trinajstić information content (AvgIpc) is 3.11. The van der Waals surface area contributed by atoms with Crippen LogP contribution in [-0.4, -0.2) is 30.7 Å². The summed E-state index contributed by atoms with van der Waals surface area (Å²) in [7, 11) is -2.11. The highest BCUT2D eigenvalue weighted by Gasteiger charge is 2.35. The highest BCUT2D eigenvalue weighted by molar-refractivity contribution is 7.89. The van der Waals surface area contributed by atoms with Gasteiger partial charge >= 0.3 is 0 Å². The summed E-state index contributed by atoms with van der Waals surface area (Å²) < 4.78 is 25.6. The molecular weight excluding hydrogens is 258 g/mol. The van der Waals surface area contributed by atoms with Gasteiger partial charge in [0.25, 0.3) is 5.69 Å². The topological polar surface area (TPSA) is 107 Å². The van der Waals surface area contributed by atoms with Crippen LogP contribution in [0.25, 0.3) is 0 Å². The molecule has 1 fully saturated rings. The minimum Gasteiger partial charge on any atom is -0.393 e. The van der Waals surface area contributed by atoms with E-state index in [2.05, 4.69) is 0 Å². The van der Waals surface area contributed by atoms with Crippen molar-refractivity contribution in [3.63, 3.8) is 0 Å². The minimum absolute atomic E-state index is 0.0139. The van der Waals surface area contributed by atoms with Crippen LogP contribution in [0.5, 0.6) is 0 Å². The van der Waals surface area contributed by atoms with Crippen molar-refractivity contribution < 1.29 is 13.3 Å². The van der Waals surface area contributed by atoms with Crippen LogP contribution < -0.4 is 5.73 Å². The zero-order chi connectivity index (χ0) is 13.5. The molecule has 18 heavy (non-hydrogen) atoms. The van der Waals surface area contributed by atoms with Gasteiger partial charge in [0.1, 0.15) is 5.69 Å². The first-order chi connectivity index (χ1) is 8.34. The molecule has 0 heterocycles. The van der Waals surface area contributed by atoms with Gasteiger partial charge in [-0.15, -0.1) is 0 Å². The molecule has 7 nitrogen and oxygen atoms in total. The van der Waals surface area contributed by atoms with Gasteiger partial charge in [-0.25, -0.2) is 8.42 Å². The van der Waals surface area contributed by atoms with E-state index >= 15 is 0 Å². The smallest absolute Gasteiger partial charge is 0.292 e. The highest BCUT2D eigenvalue weighted by atomic mass is 32.2. The van der Waals surface area contributed by atoms with Gasteiger partial charge in [-0.05, 0) is 25.0 Å². The normalized spacial score (nSPS) is 15.9. The average molecular weight is 271 g/mol. The number of rotatable bonds is 4. The molecule has 1 aliphatic rings. The summed E-state index contributed by atoms with van der Waals surface area (Å²) >= 11 is 0. The van der Waals surface area contributed by atoms with Gasteiger partial charge in [0.05, 0.1) is 9.82 Å². The molecule has 0 saturated heterocycles. The van der Waals surface area contributed by atoms with Crippen molar-refractivity contribution in [1.82, 2.24) is 4.31 Å². The molecule has 0 aromatic heterocycles. The van der Waals surface area contributed by atoms with E-state index in [0.29, 0.717) is 0 Å². The summed E-state index contributed by atoms with van der Waals surface area (Å²) in [4.78, 5) is 9.94. The second-order valence-electron chi connectivity index (χ2n) is 4.23. The zero-order valence-corrected chi connectivity index (χ0v) is 10.6. The molecule has 0 amide bonds. The third kappa shape index (κ3) is 2.16. The van der Waals surface area contributed by atoms with Crippen molar-refractivity contribution in [3.05, 3.63) is 28.3 Å². The summed E-state index contributed by atoms with van der Waals surface area (Å²) in [5.41, 5.74) is 5.05. The SMILES string of the molecule is CN(C1CC1)S(=O)(=O)c1ccc([N+](=O)[O-])c(N)c1. The van der Waals surface area contributed by atoms with E-state index in [0.717, 1.165) is 25.0 Å². The summed E-state index contributed by atoms with van der Waals surface area (Å²) in [5, 5.41) is 10.6. The predicted molar refractivity (Wildman–Crippen MR) is 65.5 cm³/mol. The van der Waals surface area contributed by atoms with Crippen molar-refractivity contribution in [2.45, 2.75) is 23.8 Å². The Morgan fingerprint density at radius 1 is 1.44 bits per heavy atom. The van der Waals surface area contributed by atoms with E-state index in [4.69, 9.17) is 5.73 Å². The van der Waals surface area contributed by atoms with Crippen LogP contribution in [0.1, 0.15) is 12.8 Å². The number of benzene rings is 1.